The molecule has 25 heavy (non-hydrogen) atoms. The van der Waals surface area contributed by atoms with Gasteiger partial charge < -0.3 is 10.1 Å². The van der Waals surface area contributed by atoms with Crippen molar-refractivity contribution in [3.05, 3.63) is 57.6 Å². The van der Waals surface area contributed by atoms with Gasteiger partial charge >= 0.3 is 0 Å². The van der Waals surface area contributed by atoms with Crippen LogP contribution in [-0.4, -0.2) is 12.5 Å². The average molecular weight is 404 g/mol. The van der Waals surface area contributed by atoms with E-state index in [4.69, 9.17) is 4.74 Å². The molecule has 0 aromatic heterocycles. The highest BCUT2D eigenvalue weighted by Crippen LogP contribution is 2.29. The Morgan fingerprint density at radius 3 is 2.60 bits per heavy atom. The van der Waals surface area contributed by atoms with Gasteiger partial charge in [0.1, 0.15) is 5.75 Å². The molecule has 134 valence electrons. The number of anilines is 1. The maximum Gasteiger partial charge on any atom is 0.224 e. The number of rotatable bonds is 7. The van der Waals surface area contributed by atoms with Crippen LogP contribution in [0.2, 0.25) is 0 Å². The first kappa shape index (κ1) is 19.5. The Morgan fingerprint density at radius 1 is 1.16 bits per heavy atom. The number of hydrogen-bond acceptors (Lipinski definition) is 2. The molecule has 1 amide bonds. The van der Waals surface area contributed by atoms with Crippen molar-refractivity contribution in [2.24, 2.45) is 0 Å². The first-order valence-corrected chi connectivity index (χ1v) is 9.45. The van der Waals surface area contributed by atoms with Crippen molar-refractivity contribution in [1.29, 1.82) is 0 Å². The fraction of sp³-hybridized carbons (Fsp3) is 0.381. The molecule has 0 atom stereocenters. The summed E-state index contributed by atoms with van der Waals surface area (Å²) in [6.45, 7) is 8.86. The molecule has 2 aromatic carbocycles. The zero-order valence-electron chi connectivity index (χ0n) is 15.4. The summed E-state index contributed by atoms with van der Waals surface area (Å²) in [4.78, 5) is 12.1. The lowest BCUT2D eigenvalue weighted by Gasteiger charge is -2.12. The van der Waals surface area contributed by atoms with E-state index in [1.54, 1.807) is 0 Å². The van der Waals surface area contributed by atoms with Crippen LogP contribution in [0.3, 0.4) is 0 Å². The van der Waals surface area contributed by atoms with Crippen molar-refractivity contribution in [2.75, 3.05) is 11.9 Å². The Labute approximate surface area is 158 Å². The van der Waals surface area contributed by atoms with Gasteiger partial charge in [0.25, 0.3) is 0 Å². The monoisotopic (exact) mass is 403 g/mol. The number of ether oxygens (including phenoxy) is 1. The molecule has 0 saturated heterocycles. The van der Waals surface area contributed by atoms with Gasteiger partial charge in [0.2, 0.25) is 5.91 Å². The van der Waals surface area contributed by atoms with Crippen LogP contribution in [0.15, 0.2) is 40.9 Å². The highest BCUT2D eigenvalue weighted by molar-refractivity contribution is 9.10. The van der Waals surface area contributed by atoms with E-state index in [1.807, 2.05) is 38.1 Å². The molecule has 0 saturated carbocycles. The van der Waals surface area contributed by atoms with Crippen LogP contribution >= 0.6 is 15.9 Å². The normalized spacial score (nSPS) is 10.8. The van der Waals surface area contributed by atoms with Gasteiger partial charge in [0.05, 0.1) is 11.1 Å². The summed E-state index contributed by atoms with van der Waals surface area (Å²) in [5.74, 6) is 1.32. The number of halogens is 1. The van der Waals surface area contributed by atoms with E-state index < -0.39 is 0 Å². The second-order valence-electron chi connectivity index (χ2n) is 6.66. The number of carbonyl (C=O) groups excluding carboxylic acids is 1. The van der Waals surface area contributed by atoms with Gasteiger partial charge in [0, 0.05) is 12.1 Å². The highest BCUT2D eigenvalue weighted by atomic mass is 79.9. The van der Waals surface area contributed by atoms with E-state index in [0.717, 1.165) is 27.0 Å². The van der Waals surface area contributed by atoms with Crippen molar-refractivity contribution in [3.63, 3.8) is 0 Å². The van der Waals surface area contributed by atoms with Crippen LogP contribution in [0.4, 0.5) is 5.69 Å². The van der Waals surface area contributed by atoms with Gasteiger partial charge in [-0.05, 0) is 77.0 Å². The topological polar surface area (TPSA) is 38.3 Å². The number of benzene rings is 2. The van der Waals surface area contributed by atoms with E-state index in [0.29, 0.717) is 25.4 Å². The first-order chi connectivity index (χ1) is 11.9. The molecular formula is C21H26BrNO2. The van der Waals surface area contributed by atoms with Gasteiger partial charge in [-0.25, -0.2) is 0 Å². The van der Waals surface area contributed by atoms with E-state index in [1.165, 1.54) is 5.56 Å². The van der Waals surface area contributed by atoms with Gasteiger partial charge in [-0.3, -0.25) is 4.79 Å². The molecule has 0 heterocycles. The van der Waals surface area contributed by atoms with Gasteiger partial charge in [-0.1, -0.05) is 32.0 Å². The molecular weight excluding hydrogens is 378 g/mol. The summed E-state index contributed by atoms with van der Waals surface area (Å²) in [5, 5.41) is 2.98. The predicted molar refractivity (Wildman–Crippen MR) is 108 cm³/mol. The summed E-state index contributed by atoms with van der Waals surface area (Å²) in [7, 11) is 0. The molecule has 0 spiro atoms. The number of aryl methyl sites for hydroxylation is 2. The molecule has 2 aromatic rings. The maximum absolute atomic E-state index is 12.1. The molecule has 1 N–H and O–H groups in total. The van der Waals surface area contributed by atoms with Crippen LogP contribution in [0.5, 0.6) is 5.75 Å². The Morgan fingerprint density at radius 2 is 1.92 bits per heavy atom. The molecule has 4 heteroatoms. The fourth-order valence-corrected chi connectivity index (χ4v) is 3.00. The number of carbonyl (C=O) groups is 1. The summed E-state index contributed by atoms with van der Waals surface area (Å²) in [6, 6.07) is 12.2. The average Bonchev–Trinajstić information content (AvgIpc) is 2.56. The molecule has 0 unspecified atom stereocenters. The zero-order valence-corrected chi connectivity index (χ0v) is 16.9. The van der Waals surface area contributed by atoms with E-state index in [9.17, 15) is 4.79 Å². The molecule has 0 aliphatic heterocycles. The van der Waals surface area contributed by atoms with Crippen LogP contribution in [-0.2, 0) is 4.79 Å². The second-order valence-corrected chi connectivity index (χ2v) is 7.52. The Balaban J connectivity index is 1.79. The molecule has 0 radical (unpaired) electrons. The second kappa shape index (κ2) is 9.04. The number of hydrogen-bond donors (Lipinski definition) is 1. The van der Waals surface area contributed by atoms with Crippen molar-refractivity contribution in [3.8, 4) is 5.75 Å². The van der Waals surface area contributed by atoms with Crippen LogP contribution < -0.4 is 10.1 Å². The first-order valence-electron chi connectivity index (χ1n) is 8.66. The summed E-state index contributed by atoms with van der Waals surface area (Å²) in [6.07, 6.45) is 1.12. The lowest BCUT2D eigenvalue weighted by atomic mass is 10.0. The summed E-state index contributed by atoms with van der Waals surface area (Å²) in [5.41, 5.74) is 4.37. The summed E-state index contributed by atoms with van der Waals surface area (Å²) < 4.78 is 6.75. The highest BCUT2D eigenvalue weighted by Gasteiger charge is 2.07. The minimum Gasteiger partial charge on any atom is -0.492 e. The fourth-order valence-electron chi connectivity index (χ4n) is 2.49. The number of nitrogens with one attached hydrogen (secondary N) is 1. The molecule has 3 nitrogen and oxygen atoms in total. The van der Waals surface area contributed by atoms with Crippen LogP contribution in [0.1, 0.15) is 49.3 Å². The SMILES string of the molecule is Cc1ccc(C)c(NC(=O)CCCOc2ccc(C(C)C)cc2Br)c1. The van der Waals surface area contributed by atoms with Crippen molar-refractivity contribution in [2.45, 2.75) is 46.5 Å². The lowest BCUT2D eigenvalue weighted by Crippen LogP contribution is -2.13. The Kier molecular flexibility index (Phi) is 7.06. The predicted octanol–water partition coefficient (Wildman–Crippen LogP) is 5.99. The van der Waals surface area contributed by atoms with Crippen LogP contribution in [0.25, 0.3) is 0 Å². The van der Waals surface area contributed by atoms with E-state index in [-0.39, 0.29) is 5.91 Å². The zero-order chi connectivity index (χ0) is 18.4. The minimum atomic E-state index is 0.0199. The van der Waals surface area contributed by atoms with Gasteiger partial charge in [-0.2, -0.15) is 0 Å². The van der Waals surface area contributed by atoms with Gasteiger partial charge in [0.15, 0.2) is 0 Å². The van der Waals surface area contributed by atoms with Crippen molar-refractivity contribution < 1.29 is 9.53 Å². The largest absolute Gasteiger partial charge is 0.492 e. The third kappa shape index (κ3) is 5.89. The molecule has 0 aliphatic rings. The van der Waals surface area contributed by atoms with Crippen molar-refractivity contribution in [1.82, 2.24) is 0 Å². The molecule has 0 fully saturated rings. The quantitative estimate of drug-likeness (QED) is 0.576. The lowest BCUT2D eigenvalue weighted by molar-refractivity contribution is -0.116. The third-order valence-electron chi connectivity index (χ3n) is 4.10. The van der Waals surface area contributed by atoms with Crippen molar-refractivity contribution >= 4 is 27.5 Å². The Bertz CT molecular complexity index is 741. The smallest absolute Gasteiger partial charge is 0.224 e. The van der Waals surface area contributed by atoms with E-state index >= 15 is 0 Å². The van der Waals surface area contributed by atoms with E-state index in [2.05, 4.69) is 47.2 Å². The third-order valence-corrected chi connectivity index (χ3v) is 4.72. The summed E-state index contributed by atoms with van der Waals surface area (Å²) >= 11 is 3.55. The molecule has 2 rings (SSSR count). The van der Waals surface area contributed by atoms with Crippen LogP contribution in [0, 0.1) is 13.8 Å². The Hall–Kier alpha value is -1.81. The number of amides is 1. The molecule has 0 bridgehead atoms. The standard InChI is InChI=1S/C21H26BrNO2/c1-14(2)17-9-10-20(18(22)13-17)25-11-5-6-21(24)23-19-12-15(3)7-8-16(19)4/h7-10,12-14H,5-6,11H2,1-4H3,(H,23,24). The molecule has 0 aliphatic carbocycles. The van der Waals surface area contributed by atoms with Gasteiger partial charge in [-0.15, -0.1) is 0 Å². The maximum atomic E-state index is 12.1. The minimum absolute atomic E-state index is 0.0199.